The topological polar surface area (TPSA) is 77.2 Å². The van der Waals surface area contributed by atoms with Crippen molar-refractivity contribution >= 4 is 22.4 Å². The van der Waals surface area contributed by atoms with Crippen molar-refractivity contribution in [1.29, 1.82) is 0 Å². The maximum atomic E-state index is 11.4. The van der Waals surface area contributed by atoms with E-state index in [4.69, 9.17) is 4.42 Å². The first-order chi connectivity index (χ1) is 8.60. The van der Waals surface area contributed by atoms with E-state index in [1.807, 2.05) is 6.92 Å². The largest absolute Gasteiger partial charge is 0.465 e. The Hall–Kier alpha value is -1.89. The molecule has 0 saturated carbocycles. The molecule has 6 nitrogen and oxygen atoms in total. The van der Waals surface area contributed by atoms with E-state index in [-0.39, 0.29) is 5.97 Å². The average Bonchev–Trinajstić information content (AvgIpc) is 2.92. The number of oxazole rings is 1. The van der Waals surface area contributed by atoms with Gasteiger partial charge in [0.25, 0.3) is 0 Å². The molecule has 18 heavy (non-hydrogen) atoms. The summed E-state index contributed by atoms with van der Waals surface area (Å²) in [6, 6.07) is 0. The molecule has 0 aliphatic carbocycles. The molecule has 96 valence electrons. The van der Waals surface area contributed by atoms with Gasteiger partial charge in [0.2, 0.25) is 5.89 Å². The van der Waals surface area contributed by atoms with Crippen LogP contribution in [-0.2, 0) is 11.3 Å². The van der Waals surface area contributed by atoms with Gasteiger partial charge in [0, 0.05) is 0 Å². The van der Waals surface area contributed by atoms with Gasteiger partial charge in [-0.15, -0.1) is 0 Å². The first-order valence-electron chi connectivity index (χ1n) is 5.31. The van der Waals surface area contributed by atoms with E-state index in [0.717, 1.165) is 5.76 Å². The minimum absolute atomic E-state index is 0.370. The quantitative estimate of drug-likeness (QED) is 0.855. The third kappa shape index (κ3) is 2.67. The van der Waals surface area contributed by atoms with Crippen molar-refractivity contribution in [2.24, 2.45) is 0 Å². The Morgan fingerprint density at radius 3 is 2.94 bits per heavy atom. The molecular formula is C11H13N3O3S. The van der Waals surface area contributed by atoms with Crippen LogP contribution in [0.15, 0.2) is 10.6 Å². The molecule has 2 aromatic heterocycles. The van der Waals surface area contributed by atoms with E-state index in [9.17, 15) is 4.79 Å². The predicted molar refractivity (Wildman–Crippen MR) is 66.8 cm³/mol. The van der Waals surface area contributed by atoms with Gasteiger partial charge in [0.1, 0.15) is 10.6 Å². The molecule has 0 radical (unpaired) electrons. The first kappa shape index (κ1) is 12.6. The Morgan fingerprint density at radius 2 is 2.33 bits per heavy atom. The van der Waals surface area contributed by atoms with Crippen molar-refractivity contribution in [2.45, 2.75) is 20.4 Å². The fourth-order valence-electron chi connectivity index (χ4n) is 1.39. The lowest BCUT2D eigenvalue weighted by atomic mass is 10.4. The fraction of sp³-hybridized carbons (Fsp3) is 0.364. The first-order valence-corrected chi connectivity index (χ1v) is 6.12. The molecule has 1 N–H and O–H groups in total. The van der Waals surface area contributed by atoms with Crippen LogP contribution >= 0.6 is 11.3 Å². The van der Waals surface area contributed by atoms with Gasteiger partial charge in [-0.05, 0) is 13.8 Å². The van der Waals surface area contributed by atoms with Crippen LogP contribution in [0.3, 0.4) is 0 Å². The maximum absolute atomic E-state index is 11.4. The third-order valence-electron chi connectivity index (χ3n) is 2.23. The normalized spacial score (nSPS) is 10.4. The van der Waals surface area contributed by atoms with Crippen LogP contribution in [-0.4, -0.2) is 23.0 Å². The summed E-state index contributed by atoms with van der Waals surface area (Å²) in [4.78, 5) is 20.2. The van der Waals surface area contributed by atoms with Crippen LogP contribution < -0.4 is 5.32 Å². The third-order valence-corrected chi connectivity index (χ3v) is 3.32. The number of ether oxygens (including phenoxy) is 1. The number of nitrogens with one attached hydrogen (secondary N) is 1. The second-order valence-electron chi connectivity index (χ2n) is 3.64. The summed E-state index contributed by atoms with van der Waals surface area (Å²) in [5.41, 5.74) is 0.651. The Morgan fingerprint density at radius 1 is 1.56 bits per heavy atom. The van der Waals surface area contributed by atoms with E-state index < -0.39 is 0 Å². The molecule has 0 aromatic carbocycles. The van der Waals surface area contributed by atoms with Crippen LogP contribution in [0.25, 0.3) is 0 Å². The van der Waals surface area contributed by atoms with Crippen molar-refractivity contribution < 1.29 is 13.9 Å². The van der Waals surface area contributed by atoms with Crippen molar-refractivity contribution in [3.63, 3.8) is 0 Å². The Labute approximate surface area is 108 Å². The molecule has 0 unspecified atom stereocenters. The average molecular weight is 267 g/mol. The second kappa shape index (κ2) is 5.18. The van der Waals surface area contributed by atoms with Crippen LogP contribution in [0.1, 0.15) is 27.0 Å². The summed E-state index contributed by atoms with van der Waals surface area (Å²) in [7, 11) is 1.35. The smallest absolute Gasteiger partial charge is 0.350 e. The molecule has 0 aliphatic rings. The molecule has 2 aromatic rings. The van der Waals surface area contributed by atoms with Gasteiger partial charge in [-0.25, -0.2) is 14.8 Å². The molecule has 0 fully saturated rings. The summed E-state index contributed by atoms with van der Waals surface area (Å²) in [5, 5.41) is 3.70. The molecule has 2 heterocycles. The zero-order valence-electron chi connectivity index (χ0n) is 10.3. The van der Waals surface area contributed by atoms with Crippen LogP contribution in [0.5, 0.6) is 0 Å². The molecule has 0 saturated heterocycles. The monoisotopic (exact) mass is 267 g/mol. The molecule has 0 aliphatic heterocycles. The van der Waals surface area contributed by atoms with Gasteiger partial charge in [-0.1, -0.05) is 11.3 Å². The highest BCUT2D eigenvalue weighted by atomic mass is 32.1. The maximum Gasteiger partial charge on any atom is 0.350 e. The van der Waals surface area contributed by atoms with Crippen molar-refractivity contribution in [1.82, 2.24) is 9.97 Å². The lowest BCUT2D eigenvalue weighted by molar-refractivity contribution is 0.0605. The minimum atomic E-state index is -0.370. The van der Waals surface area contributed by atoms with E-state index in [1.54, 1.807) is 13.1 Å². The number of esters is 1. The number of methoxy groups -OCH3 is 1. The molecule has 0 spiro atoms. The summed E-state index contributed by atoms with van der Waals surface area (Å²) in [5.74, 6) is 0.974. The van der Waals surface area contributed by atoms with Gasteiger partial charge in [0.15, 0.2) is 5.13 Å². The number of nitrogens with zero attached hydrogens (tertiary/aromatic N) is 2. The number of thiazole rings is 1. The SMILES string of the molecule is COC(=O)c1sc(NCc2ncc(C)o2)nc1C. The van der Waals surface area contributed by atoms with Gasteiger partial charge in [0.05, 0.1) is 25.5 Å². The lowest BCUT2D eigenvalue weighted by Crippen LogP contribution is -1.99. The highest BCUT2D eigenvalue weighted by Crippen LogP contribution is 2.23. The number of anilines is 1. The van der Waals surface area contributed by atoms with E-state index in [2.05, 4.69) is 20.0 Å². The Kier molecular flexibility index (Phi) is 3.61. The number of aryl methyl sites for hydroxylation is 2. The number of hydrogen-bond donors (Lipinski definition) is 1. The zero-order chi connectivity index (χ0) is 13.1. The van der Waals surface area contributed by atoms with Gasteiger partial charge in [-0.3, -0.25) is 0 Å². The van der Waals surface area contributed by atoms with Gasteiger partial charge in [-0.2, -0.15) is 0 Å². The summed E-state index contributed by atoms with van der Waals surface area (Å²) < 4.78 is 9.99. The summed E-state index contributed by atoms with van der Waals surface area (Å²) >= 11 is 1.25. The fourth-order valence-corrected chi connectivity index (χ4v) is 2.27. The molecule has 0 bridgehead atoms. The van der Waals surface area contributed by atoms with Crippen LogP contribution in [0, 0.1) is 13.8 Å². The molecular weight excluding hydrogens is 254 g/mol. The molecule has 7 heteroatoms. The van der Waals surface area contributed by atoms with Gasteiger partial charge >= 0.3 is 5.97 Å². The summed E-state index contributed by atoms with van der Waals surface area (Å²) in [6.07, 6.45) is 1.66. The minimum Gasteiger partial charge on any atom is -0.465 e. The molecule has 0 atom stereocenters. The van der Waals surface area contributed by atoms with Crippen LogP contribution in [0.2, 0.25) is 0 Å². The lowest BCUT2D eigenvalue weighted by Gasteiger charge is -1.97. The number of hydrogen-bond acceptors (Lipinski definition) is 7. The zero-order valence-corrected chi connectivity index (χ0v) is 11.1. The number of aromatic nitrogens is 2. The van der Waals surface area contributed by atoms with Crippen molar-refractivity contribution in [2.75, 3.05) is 12.4 Å². The highest BCUT2D eigenvalue weighted by Gasteiger charge is 2.15. The number of rotatable bonds is 4. The molecule has 2 rings (SSSR count). The standard InChI is InChI=1S/C11H13N3O3S/c1-6-4-12-8(17-6)5-13-11-14-7(2)9(18-11)10(15)16-3/h4H,5H2,1-3H3,(H,13,14). The van der Waals surface area contributed by atoms with E-state index >= 15 is 0 Å². The highest BCUT2D eigenvalue weighted by molar-refractivity contribution is 7.17. The van der Waals surface area contributed by atoms with Crippen molar-refractivity contribution in [3.05, 3.63) is 28.4 Å². The molecule has 0 amide bonds. The van der Waals surface area contributed by atoms with Crippen LogP contribution in [0.4, 0.5) is 5.13 Å². The number of carbonyl (C=O) groups excluding carboxylic acids is 1. The van der Waals surface area contributed by atoms with Crippen molar-refractivity contribution in [3.8, 4) is 0 Å². The predicted octanol–water partition coefficient (Wildman–Crippen LogP) is 2.15. The van der Waals surface area contributed by atoms with E-state index in [1.165, 1.54) is 18.4 Å². The van der Waals surface area contributed by atoms with E-state index in [0.29, 0.717) is 28.1 Å². The number of carbonyl (C=O) groups is 1. The second-order valence-corrected chi connectivity index (χ2v) is 4.64. The summed E-state index contributed by atoms with van der Waals surface area (Å²) in [6.45, 7) is 4.03. The Bertz CT molecular complexity index is 562. The van der Waals surface area contributed by atoms with Gasteiger partial charge < -0.3 is 14.5 Å². The Balaban J connectivity index is 2.04.